The van der Waals surface area contributed by atoms with Crippen molar-refractivity contribution >= 4 is 22.4 Å². The van der Waals surface area contributed by atoms with Gasteiger partial charge in [0.05, 0.1) is 5.69 Å². The van der Waals surface area contributed by atoms with Crippen molar-refractivity contribution in [3.63, 3.8) is 0 Å². The van der Waals surface area contributed by atoms with Crippen LogP contribution in [0.1, 0.15) is 26.4 Å². The van der Waals surface area contributed by atoms with E-state index in [1.807, 2.05) is 69.3 Å². The van der Waals surface area contributed by atoms with E-state index in [-0.39, 0.29) is 5.91 Å². The molecule has 1 heterocycles. The lowest BCUT2D eigenvalue weighted by Crippen LogP contribution is -2.13. The van der Waals surface area contributed by atoms with Gasteiger partial charge in [0.2, 0.25) is 0 Å². The molecule has 23 heavy (non-hydrogen) atoms. The Morgan fingerprint density at radius 3 is 2.52 bits per heavy atom. The van der Waals surface area contributed by atoms with E-state index in [1.54, 1.807) is 0 Å². The highest BCUT2D eigenvalue weighted by molar-refractivity contribution is 7.16. The van der Waals surface area contributed by atoms with E-state index in [9.17, 15) is 4.79 Å². The molecule has 1 amide bonds. The van der Waals surface area contributed by atoms with E-state index < -0.39 is 0 Å². The second kappa shape index (κ2) is 6.34. The van der Waals surface area contributed by atoms with Crippen LogP contribution in [-0.4, -0.2) is 10.9 Å². The first-order valence-corrected chi connectivity index (χ1v) is 8.27. The van der Waals surface area contributed by atoms with Crippen molar-refractivity contribution in [2.45, 2.75) is 20.8 Å². The predicted octanol–water partition coefficient (Wildman–Crippen LogP) is 4.99. The SMILES string of the molecule is Cc1ccc(C)c(C(=O)Nc2nc(-c3ccccc3)c(C)s2)c1. The molecule has 0 aliphatic carbocycles. The van der Waals surface area contributed by atoms with Crippen LogP contribution in [-0.2, 0) is 0 Å². The van der Waals surface area contributed by atoms with Crippen molar-refractivity contribution in [3.05, 3.63) is 70.1 Å². The number of nitrogens with one attached hydrogen (secondary N) is 1. The maximum absolute atomic E-state index is 12.5. The minimum Gasteiger partial charge on any atom is -0.298 e. The van der Waals surface area contributed by atoms with Gasteiger partial charge in [0.1, 0.15) is 0 Å². The molecule has 0 spiro atoms. The van der Waals surface area contributed by atoms with Gasteiger partial charge in [-0.25, -0.2) is 4.98 Å². The van der Waals surface area contributed by atoms with Gasteiger partial charge in [0.15, 0.2) is 5.13 Å². The highest BCUT2D eigenvalue weighted by Crippen LogP contribution is 2.30. The fourth-order valence-electron chi connectivity index (χ4n) is 2.46. The molecule has 0 saturated heterocycles. The first-order chi connectivity index (χ1) is 11.0. The van der Waals surface area contributed by atoms with Gasteiger partial charge in [-0.05, 0) is 32.4 Å². The number of thiazole rings is 1. The minimum absolute atomic E-state index is 0.112. The molecular formula is C19H18N2OS. The highest BCUT2D eigenvalue weighted by atomic mass is 32.1. The van der Waals surface area contributed by atoms with Crippen LogP contribution in [0.4, 0.5) is 5.13 Å². The normalized spacial score (nSPS) is 10.6. The molecule has 1 aromatic heterocycles. The van der Waals surface area contributed by atoms with Crippen molar-refractivity contribution in [3.8, 4) is 11.3 Å². The summed E-state index contributed by atoms with van der Waals surface area (Å²) in [5.41, 5.74) is 4.71. The molecule has 3 aromatic rings. The molecular weight excluding hydrogens is 304 g/mol. The number of rotatable bonds is 3. The summed E-state index contributed by atoms with van der Waals surface area (Å²) in [5, 5.41) is 3.56. The Bertz CT molecular complexity index is 853. The first-order valence-electron chi connectivity index (χ1n) is 7.46. The van der Waals surface area contributed by atoms with Crippen LogP contribution in [0.2, 0.25) is 0 Å². The number of carbonyl (C=O) groups is 1. The largest absolute Gasteiger partial charge is 0.298 e. The molecule has 0 radical (unpaired) electrons. The summed E-state index contributed by atoms with van der Waals surface area (Å²) in [6, 6.07) is 15.9. The molecule has 3 nitrogen and oxygen atoms in total. The summed E-state index contributed by atoms with van der Waals surface area (Å²) in [5.74, 6) is -0.112. The smallest absolute Gasteiger partial charge is 0.257 e. The van der Waals surface area contributed by atoms with Gasteiger partial charge in [0.25, 0.3) is 5.91 Å². The maximum Gasteiger partial charge on any atom is 0.257 e. The summed E-state index contributed by atoms with van der Waals surface area (Å²) in [6.45, 7) is 5.95. The zero-order valence-corrected chi connectivity index (χ0v) is 14.2. The molecule has 0 aliphatic heterocycles. The summed E-state index contributed by atoms with van der Waals surface area (Å²) < 4.78 is 0. The zero-order valence-electron chi connectivity index (χ0n) is 13.4. The molecule has 4 heteroatoms. The van der Waals surface area contributed by atoms with E-state index in [0.29, 0.717) is 10.7 Å². The number of aryl methyl sites for hydroxylation is 3. The van der Waals surface area contributed by atoms with Crippen molar-refractivity contribution in [2.75, 3.05) is 5.32 Å². The lowest BCUT2D eigenvalue weighted by Gasteiger charge is -2.06. The van der Waals surface area contributed by atoms with Gasteiger partial charge in [-0.15, -0.1) is 11.3 Å². The van der Waals surface area contributed by atoms with E-state index >= 15 is 0 Å². The van der Waals surface area contributed by atoms with Crippen LogP contribution < -0.4 is 5.32 Å². The Hall–Kier alpha value is -2.46. The summed E-state index contributed by atoms with van der Waals surface area (Å²) >= 11 is 1.50. The molecule has 0 fully saturated rings. The molecule has 0 saturated carbocycles. The molecule has 0 aliphatic rings. The lowest BCUT2D eigenvalue weighted by atomic mass is 10.1. The fraction of sp³-hybridized carbons (Fsp3) is 0.158. The van der Waals surface area contributed by atoms with Crippen molar-refractivity contribution in [1.82, 2.24) is 4.98 Å². The van der Waals surface area contributed by atoms with Gasteiger partial charge in [-0.1, -0.05) is 48.0 Å². The number of anilines is 1. The van der Waals surface area contributed by atoms with Crippen LogP contribution in [0.3, 0.4) is 0 Å². The Morgan fingerprint density at radius 2 is 1.78 bits per heavy atom. The van der Waals surface area contributed by atoms with E-state index in [2.05, 4.69) is 10.3 Å². The summed E-state index contributed by atoms with van der Waals surface area (Å²) in [6.07, 6.45) is 0. The third-order valence-electron chi connectivity index (χ3n) is 3.70. The second-order valence-corrected chi connectivity index (χ2v) is 6.77. The quantitative estimate of drug-likeness (QED) is 0.738. The molecule has 1 N–H and O–H groups in total. The number of aromatic nitrogens is 1. The summed E-state index contributed by atoms with van der Waals surface area (Å²) in [7, 11) is 0. The molecule has 2 aromatic carbocycles. The van der Waals surface area contributed by atoms with E-state index in [4.69, 9.17) is 0 Å². The van der Waals surface area contributed by atoms with Crippen LogP contribution in [0.25, 0.3) is 11.3 Å². The molecule has 0 unspecified atom stereocenters. The fourth-order valence-corrected chi connectivity index (χ4v) is 3.29. The van der Waals surface area contributed by atoms with Gasteiger partial charge in [-0.2, -0.15) is 0 Å². The standard InChI is InChI=1S/C19H18N2OS/c1-12-9-10-13(2)16(11-12)18(22)21-19-20-17(14(3)23-19)15-7-5-4-6-8-15/h4-11H,1-3H3,(H,20,21,22). The molecule has 116 valence electrons. The minimum atomic E-state index is -0.112. The van der Waals surface area contributed by atoms with Crippen molar-refractivity contribution in [2.24, 2.45) is 0 Å². The van der Waals surface area contributed by atoms with Crippen LogP contribution in [0.5, 0.6) is 0 Å². The zero-order chi connectivity index (χ0) is 16.4. The third kappa shape index (κ3) is 3.32. The molecule has 0 atom stereocenters. The van der Waals surface area contributed by atoms with Crippen molar-refractivity contribution in [1.29, 1.82) is 0 Å². The van der Waals surface area contributed by atoms with Gasteiger partial charge in [0, 0.05) is 16.0 Å². The van der Waals surface area contributed by atoms with Crippen LogP contribution in [0.15, 0.2) is 48.5 Å². The van der Waals surface area contributed by atoms with Gasteiger partial charge < -0.3 is 0 Å². The van der Waals surface area contributed by atoms with Gasteiger partial charge >= 0.3 is 0 Å². The second-order valence-electron chi connectivity index (χ2n) is 5.56. The Labute approximate surface area is 140 Å². The lowest BCUT2D eigenvalue weighted by molar-refractivity contribution is 0.102. The highest BCUT2D eigenvalue weighted by Gasteiger charge is 2.14. The van der Waals surface area contributed by atoms with Crippen molar-refractivity contribution < 1.29 is 4.79 Å². The number of benzene rings is 2. The number of carbonyl (C=O) groups excluding carboxylic acids is 1. The Kier molecular flexibility index (Phi) is 4.26. The summed E-state index contributed by atoms with van der Waals surface area (Å²) in [4.78, 5) is 18.2. The van der Waals surface area contributed by atoms with E-state index in [1.165, 1.54) is 11.3 Å². The predicted molar refractivity (Wildman–Crippen MR) is 96.2 cm³/mol. The number of hydrogen-bond acceptors (Lipinski definition) is 3. The average Bonchev–Trinajstić information content (AvgIpc) is 2.91. The third-order valence-corrected chi connectivity index (χ3v) is 4.59. The topological polar surface area (TPSA) is 42.0 Å². The average molecular weight is 322 g/mol. The maximum atomic E-state index is 12.5. The van der Waals surface area contributed by atoms with Crippen LogP contribution >= 0.6 is 11.3 Å². The number of hydrogen-bond donors (Lipinski definition) is 1. The number of nitrogens with zero attached hydrogens (tertiary/aromatic N) is 1. The monoisotopic (exact) mass is 322 g/mol. The van der Waals surface area contributed by atoms with Crippen LogP contribution in [0, 0.1) is 20.8 Å². The van der Waals surface area contributed by atoms with E-state index in [0.717, 1.165) is 27.3 Å². The Balaban J connectivity index is 1.87. The van der Waals surface area contributed by atoms with Gasteiger partial charge in [-0.3, -0.25) is 10.1 Å². The molecule has 3 rings (SSSR count). The number of amides is 1. The first kappa shape index (κ1) is 15.4. The molecule has 0 bridgehead atoms. The Morgan fingerprint density at radius 1 is 1.04 bits per heavy atom.